The van der Waals surface area contributed by atoms with E-state index in [1.54, 1.807) is 6.07 Å². The number of carbonyl (C=O) groups is 4. The van der Waals surface area contributed by atoms with E-state index in [1.807, 2.05) is 0 Å². The fraction of sp³-hybridized carbons (Fsp3) is 0.458. The molecule has 0 radical (unpaired) electrons. The van der Waals surface area contributed by atoms with Crippen LogP contribution in [0.15, 0.2) is 18.3 Å². The molecule has 4 amide bonds. The molecule has 2 aliphatic heterocycles. The minimum atomic E-state index is -4.55. The van der Waals surface area contributed by atoms with E-state index >= 15 is 4.39 Å². The van der Waals surface area contributed by atoms with Crippen molar-refractivity contribution in [3.8, 4) is 0 Å². The van der Waals surface area contributed by atoms with E-state index in [1.165, 1.54) is 28.8 Å². The molecule has 1 aromatic carbocycles. The van der Waals surface area contributed by atoms with Crippen LogP contribution in [0.2, 0.25) is 0 Å². The molecule has 3 aliphatic rings. The van der Waals surface area contributed by atoms with Crippen molar-refractivity contribution >= 4 is 23.8 Å². The number of rotatable bonds is 5. The number of aryl methyl sites for hydroxylation is 1. The van der Waals surface area contributed by atoms with Crippen molar-refractivity contribution in [3.63, 3.8) is 0 Å². The molecule has 2 N–H and O–H groups in total. The Morgan fingerprint density at radius 3 is 2.63 bits per heavy atom. The summed E-state index contributed by atoms with van der Waals surface area (Å²) in [6.07, 6.45) is -3.82. The summed E-state index contributed by atoms with van der Waals surface area (Å²) in [4.78, 5) is 49.9. The Morgan fingerprint density at radius 1 is 1.24 bits per heavy atom. The molecule has 1 atom stereocenters. The van der Waals surface area contributed by atoms with Crippen LogP contribution in [0.25, 0.3) is 0 Å². The van der Waals surface area contributed by atoms with Gasteiger partial charge in [-0.25, -0.2) is 9.18 Å². The standard InChI is InChI=1S/C24H23F4N5O5/c1-11-9-33(31-20(11)24(26,27)28)14-6-15(7-14)38-23(37)29-8-12-2-3-13-10-32(22(36)18(13)19(12)25)16-4-5-17(34)30-21(16)35/h2-3,9,14-16H,4-8,10H2,1H3,(H,29,37)(H,30,34,35). The van der Waals surface area contributed by atoms with Crippen LogP contribution in [-0.4, -0.2) is 50.6 Å². The van der Waals surface area contributed by atoms with Crippen LogP contribution in [-0.2, 0) is 33.6 Å². The minimum Gasteiger partial charge on any atom is -0.446 e. The molecule has 1 saturated heterocycles. The van der Waals surface area contributed by atoms with Gasteiger partial charge in [-0.2, -0.15) is 18.3 Å². The first-order valence-electron chi connectivity index (χ1n) is 11.9. The summed E-state index contributed by atoms with van der Waals surface area (Å²) >= 11 is 0. The van der Waals surface area contributed by atoms with Crippen LogP contribution in [0.4, 0.5) is 22.4 Å². The van der Waals surface area contributed by atoms with Gasteiger partial charge in [0, 0.05) is 44.1 Å². The van der Waals surface area contributed by atoms with E-state index in [0.29, 0.717) is 5.56 Å². The van der Waals surface area contributed by atoms with Crippen molar-refractivity contribution < 1.29 is 41.5 Å². The molecular formula is C24H23F4N5O5. The topological polar surface area (TPSA) is 123 Å². The fourth-order valence-corrected chi connectivity index (χ4v) is 4.95. The molecule has 1 unspecified atom stereocenters. The maximum atomic E-state index is 15.2. The highest BCUT2D eigenvalue weighted by molar-refractivity contribution is 6.05. The minimum absolute atomic E-state index is 0.00898. The van der Waals surface area contributed by atoms with Crippen LogP contribution in [0.5, 0.6) is 0 Å². The van der Waals surface area contributed by atoms with E-state index in [4.69, 9.17) is 4.74 Å². The van der Waals surface area contributed by atoms with Crippen LogP contribution in [0.3, 0.4) is 0 Å². The molecule has 38 heavy (non-hydrogen) atoms. The van der Waals surface area contributed by atoms with Crippen LogP contribution in [0.1, 0.15) is 64.5 Å². The van der Waals surface area contributed by atoms with Gasteiger partial charge in [0.15, 0.2) is 5.69 Å². The molecule has 3 heterocycles. The molecule has 0 bridgehead atoms. The molecule has 10 nitrogen and oxygen atoms in total. The maximum absolute atomic E-state index is 15.2. The van der Waals surface area contributed by atoms with Gasteiger partial charge in [-0.15, -0.1) is 0 Å². The van der Waals surface area contributed by atoms with E-state index in [9.17, 15) is 32.3 Å². The van der Waals surface area contributed by atoms with Gasteiger partial charge in [0.1, 0.15) is 18.0 Å². The zero-order valence-corrected chi connectivity index (χ0v) is 20.1. The van der Waals surface area contributed by atoms with E-state index in [2.05, 4.69) is 15.7 Å². The molecule has 5 rings (SSSR count). The fourth-order valence-electron chi connectivity index (χ4n) is 4.95. The molecule has 14 heteroatoms. The predicted molar refractivity (Wildman–Crippen MR) is 120 cm³/mol. The number of nitrogens with one attached hydrogen (secondary N) is 2. The third-order valence-corrected chi connectivity index (χ3v) is 7.03. The molecule has 0 spiro atoms. The third-order valence-electron chi connectivity index (χ3n) is 7.03. The van der Waals surface area contributed by atoms with Crippen LogP contribution >= 0.6 is 0 Å². The van der Waals surface area contributed by atoms with E-state index in [-0.39, 0.29) is 61.5 Å². The van der Waals surface area contributed by atoms with Crippen molar-refractivity contribution in [1.29, 1.82) is 0 Å². The average Bonchev–Trinajstić information content (AvgIpc) is 3.36. The maximum Gasteiger partial charge on any atom is 0.435 e. The highest BCUT2D eigenvalue weighted by Gasteiger charge is 2.41. The number of alkyl carbamates (subject to hydrolysis) is 1. The zero-order valence-electron chi connectivity index (χ0n) is 20.1. The van der Waals surface area contributed by atoms with Gasteiger partial charge >= 0.3 is 12.3 Å². The summed E-state index contributed by atoms with van der Waals surface area (Å²) in [5, 5.41) is 8.21. The summed E-state index contributed by atoms with van der Waals surface area (Å²) in [6, 6.07) is 1.76. The molecule has 2 aromatic rings. The van der Waals surface area contributed by atoms with Crippen molar-refractivity contribution in [2.45, 2.75) is 70.1 Å². The van der Waals surface area contributed by atoms with Crippen molar-refractivity contribution in [2.75, 3.05) is 0 Å². The highest BCUT2D eigenvalue weighted by Crippen LogP contribution is 2.37. The Morgan fingerprint density at radius 2 is 1.97 bits per heavy atom. The molecule has 1 aliphatic carbocycles. The zero-order chi connectivity index (χ0) is 27.4. The molecule has 202 valence electrons. The second-order valence-electron chi connectivity index (χ2n) is 9.62. The molecule has 1 aromatic heterocycles. The largest absolute Gasteiger partial charge is 0.446 e. The third kappa shape index (κ3) is 4.70. The van der Waals surface area contributed by atoms with Gasteiger partial charge in [0.2, 0.25) is 11.8 Å². The van der Waals surface area contributed by atoms with E-state index < -0.39 is 53.6 Å². The second kappa shape index (κ2) is 9.40. The lowest BCUT2D eigenvalue weighted by Crippen LogP contribution is -2.52. The van der Waals surface area contributed by atoms with Crippen molar-refractivity contribution in [3.05, 3.63) is 52.1 Å². The van der Waals surface area contributed by atoms with Crippen LogP contribution in [0, 0.1) is 12.7 Å². The first-order valence-corrected chi connectivity index (χ1v) is 11.9. The number of imide groups is 1. The van der Waals surface area contributed by atoms with Crippen molar-refractivity contribution in [1.82, 2.24) is 25.3 Å². The lowest BCUT2D eigenvalue weighted by molar-refractivity contribution is -0.142. The number of hydrogen-bond donors (Lipinski definition) is 2. The Labute approximate surface area is 213 Å². The number of nitrogens with zero attached hydrogens (tertiary/aromatic N) is 3. The first kappa shape index (κ1) is 25.7. The molecule has 2 fully saturated rings. The highest BCUT2D eigenvalue weighted by atomic mass is 19.4. The lowest BCUT2D eigenvalue weighted by Gasteiger charge is -2.34. The van der Waals surface area contributed by atoms with E-state index in [0.717, 1.165) is 0 Å². The number of hydrogen-bond acceptors (Lipinski definition) is 6. The lowest BCUT2D eigenvalue weighted by atomic mass is 9.89. The number of ether oxygens (including phenoxy) is 1. The van der Waals surface area contributed by atoms with Crippen molar-refractivity contribution in [2.24, 2.45) is 0 Å². The Bertz CT molecular complexity index is 1330. The summed E-state index contributed by atoms with van der Waals surface area (Å²) in [5.74, 6) is -2.51. The quantitative estimate of drug-likeness (QED) is 0.447. The molecule has 1 saturated carbocycles. The average molecular weight is 537 g/mol. The summed E-state index contributed by atoms with van der Waals surface area (Å²) in [6.45, 7) is 1.08. The summed E-state index contributed by atoms with van der Waals surface area (Å²) < 4.78 is 60.5. The molecular weight excluding hydrogens is 514 g/mol. The SMILES string of the molecule is Cc1cn(C2CC(OC(=O)NCc3ccc4c(c3F)C(=O)N(C3CCC(=O)NC3=O)C4)C2)nc1C(F)(F)F. The Balaban J connectivity index is 1.14. The Hall–Kier alpha value is -3.97. The normalized spacial score (nSPS) is 23.1. The number of fused-ring (bicyclic) bond motifs is 1. The van der Waals surface area contributed by atoms with Gasteiger partial charge < -0.3 is 15.0 Å². The first-order chi connectivity index (χ1) is 17.9. The number of alkyl halides is 3. The number of piperidine rings is 1. The number of benzene rings is 1. The monoisotopic (exact) mass is 537 g/mol. The number of amides is 4. The smallest absolute Gasteiger partial charge is 0.435 e. The summed E-state index contributed by atoms with van der Waals surface area (Å²) in [7, 11) is 0. The number of carbonyl (C=O) groups excluding carboxylic acids is 4. The summed E-state index contributed by atoms with van der Waals surface area (Å²) in [5.41, 5.74) is -0.690. The van der Waals surface area contributed by atoms with Gasteiger partial charge in [-0.1, -0.05) is 12.1 Å². The predicted octanol–water partition coefficient (Wildman–Crippen LogP) is 2.74. The van der Waals surface area contributed by atoms with Gasteiger partial charge in [-0.05, 0) is 24.5 Å². The van der Waals surface area contributed by atoms with Gasteiger partial charge in [0.05, 0.1) is 11.6 Å². The van der Waals surface area contributed by atoms with Gasteiger partial charge in [0.25, 0.3) is 5.91 Å². The second-order valence-corrected chi connectivity index (χ2v) is 9.62. The van der Waals surface area contributed by atoms with Gasteiger partial charge in [-0.3, -0.25) is 24.4 Å². The number of aromatic nitrogens is 2. The van der Waals surface area contributed by atoms with Crippen LogP contribution < -0.4 is 10.6 Å². The Kier molecular flexibility index (Phi) is 6.35. The number of halogens is 4.